The Hall–Kier alpha value is -0.180. The van der Waals surface area contributed by atoms with Crippen LogP contribution in [0.15, 0.2) is 5.16 Å². The molecular formula is C9H17NOS. The fourth-order valence-corrected chi connectivity index (χ4v) is 3.19. The maximum absolute atomic E-state index is 8.77. The third-order valence-electron chi connectivity index (χ3n) is 2.52. The Morgan fingerprint density at radius 2 is 2.25 bits per heavy atom. The van der Waals surface area contributed by atoms with Crippen molar-refractivity contribution in [3.63, 3.8) is 0 Å². The Kier molecular flexibility index (Phi) is 3.44. The van der Waals surface area contributed by atoms with E-state index in [4.69, 9.17) is 5.21 Å². The van der Waals surface area contributed by atoms with Crippen LogP contribution < -0.4 is 0 Å². The molecule has 1 heterocycles. The Labute approximate surface area is 78.4 Å². The van der Waals surface area contributed by atoms with Crippen LogP contribution in [0, 0.1) is 5.92 Å². The fourth-order valence-electron chi connectivity index (χ4n) is 1.74. The minimum absolute atomic E-state index is 0.446. The number of thioether (sulfide) groups is 1. The molecule has 1 fully saturated rings. The van der Waals surface area contributed by atoms with Gasteiger partial charge in [-0.15, -0.1) is 0 Å². The quantitative estimate of drug-likeness (QED) is 0.505. The highest BCUT2D eigenvalue weighted by atomic mass is 32.2. The summed E-state index contributed by atoms with van der Waals surface area (Å²) in [6.45, 7) is 6.55. The third kappa shape index (κ3) is 1.94. The molecule has 0 amide bonds. The normalized spacial score (nSPS) is 40.2. The first-order chi connectivity index (χ1) is 5.69. The van der Waals surface area contributed by atoms with E-state index in [1.807, 2.05) is 11.8 Å². The number of oxime groups is 1. The van der Waals surface area contributed by atoms with E-state index in [2.05, 4.69) is 25.9 Å². The first-order valence-corrected chi connectivity index (χ1v) is 5.49. The van der Waals surface area contributed by atoms with Gasteiger partial charge in [-0.1, -0.05) is 25.9 Å². The van der Waals surface area contributed by atoms with E-state index in [0.717, 1.165) is 18.6 Å². The third-order valence-corrected chi connectivity index (χ3v) is 4.24. The van der Waals surface area contributed by atoms with Gasteiger partial charge in [-0.05, 0) is 6.42 Å². The largest absolute Gasteiger partial charge is 0.411 e. The molecule has 1 rings (SSSR count). The zero-order valence-electron chi connectivity index (χ0n) is 7.95. The van der Waals surface area contributed by atoms with E-state index in [1.54, 1.807) is 0 Å². The zero-order valence-corrected chi connectivity index (χ0v) is 8.77. The Balaban J connectivity index is 2.68. The van der Waals surface area contributed by atoms with Gasteiger partial charge in [-0.2, -0.15) is 11.8 Å². The van der Waals surface area contributed by atoms with Crippen molar-refractivity contribution in [3.8, 4) is 0 Å². The smallest absolute Gasteiger partial charge is 0.0620 e. The Morgan fingerprint density at radius 1 is 1.58 bits per heavy atom. The zero-order chi connectivity index (χ0) is 9.14. The highest BCUT2D eigenvalue weighted by Gasteiger charge is 2.29. The van der Waals surface area contributed by atoms with Crippen LogP contribution in [0.5, 0.6) is 0 Å². The number of hydrogen-bond donors (Lipinski definition) is 1. The summed E-state index contributed by atoms with van der Waals surface area (Å²) in [5.74, 6) is 0.446. The van der Waals surface area contributed by atoms with Crippen molar-refractivity contribution in [3.05, 3.63) is 0 Å². The monoisotopic (exact) mass is 187 g/mol. The van der Waals surface area contributed by atoms with Gasteiger partial charge in [0.15, 0.2) is 0 Å². The van der Waals surface area contributed by atoms with Crippen molar-refractivity contribution in [1.82, 2.24) is 0 Å². The number of rotatable bonds is 1. The van der Waals surface area contributed by atoms with Gasteiger partial charge in [0.05, 0.1) is 5.71 Å². The summed E-state index contributed by atoms with van der Waals surface area (Å²) in [4.78, 5) is 0. The summed E-state index contributed by atoms with van der Waals surface area (Å²) in [5.41, 5.74) is 0.980. The predicted octanol–water partition coefficient (Wildman–Crippen LogP) is 2.76. The average molecular weight is 187 g/mol. The Morgan fingerprint density at radius 3 is 2.75 bits per heavy atom. The van der Waals surface area contributed by atoms with E-state index in [1.165, 1.54) is 0 Å². The topological polar surface area (TPSA) is 32.6 Å². The molecule has 3 atom stereocenters. The first-order valence-electron chi connectivity index (χ1n) is 4.55. The summed E-state index contributed by atoms with van der Waals surface area (Å²) in [7, 11) is 0. The maximum Gasteiger partial charge on any atom is 0.0620 e. The molecule has 3 heteroatoms. The van der Waals surface area contributed by atoms with E-state index >= 15 is 0 Å². The second kappa shape index (κ2) is 4.17. The second-order valence-corrected chi connectivity index (χ2v) is 5.16. The summed E-state index contributed by atoms with van der Waals surface area (Å²) in [6.07, 6.45) is 2.11. The predicted molar refractivity (Wildman–Crippen MR) is 54.1 cm³/mol. The summed E-state index contributed by atoms with van der Waals surface area (Å²) < 4.78 is 0. The lowest BCUT2D eigenvalue weighted by Crippen LogP contribution is -2.32. The Bertz CT molecular complexity index is 181. The molecule has 0 spiro atoms. The van der Waals surface area contributed by atoms with Crippen molar-refractivity contribution in [2.45, 2.75) is 44.1 Å². The minimum Gasteiger partial charge on any atom is -0.411 e. The van der Waals surface area contributed by atoms with E-state index in [9.17, 15) is 0 Å². The van der Waals surface area contributed by atoms with Crippen molar-refractivity contribution < 1.29 is 5.21 Å². The lowest BCUT2D eigenvalue weighted by atomic mass is 9.95. The van der Waals surface area contributed by atoms with E-state index in [0.29, 0.717) is 16.4 Å². The lowest BCUT2D eigenvalue weighted by Gasteiger charge is -2.32. The van der Waals surface area contributed by atoms with E-state index in [-0.39, 0.29) is 0 Å². The molecule has 0 aromatic heterocycles. The summed E-state index contributed by atoms with van der Waals surface area (Å²) in [5, 5.41) is 13.4. The van der Waals surface area contributed by atoms with Gasteiger partial charge in [-0.25, -0.2) is 0 Å². The molecule has 1 N–H and O–H groups in total. The maximum atomic E-state index is 8.77. The van der Waals surface area contributed by atoms with Gasteiger partial charge < -0.3 is 5.21 Å². The van der Waals surface area contributed by atoms with Crippen molar-refractivity contribution in [2.75, 3.05) is 0 Å². The van der Waals surface area contributed by atoms with Gasteiger partial charge in [0.1, 0.15) is 0 Å². The average Bonchev–Trinajstić information content (AvgIpc) is 2.08. The molecule has 1 aliphatic rings. The number of nitrogens with zero attached hydrogens (tertiary/aromatic N) is 1. The molecule has 0 saturated carbocycles. The molecule has 0 aliphatic carbocycles. The van der Waals surface area contributed by atoms with Gasteiger partial charge in [0.25, 0.3) is 0 Å². The lowest BCUT2D eigenvalue weighted by molar-refractivity contribution is 0.312. The van der Waals surface area contributed by atoms with Crippen LogP contribution in [0.1, 0.15) is 33.6 Å². The molecule has 0 aromatic carbocycles. The molecule has 0 unspecified atom stereocenters. The molecule has 0 bridgehead atoms. The van der Waals surface area contributed by atoms with Crippen LogP contribution in [0.3, 0.4) is 0 Å². The molecule has 70 valence electrons. The molecule has 0 aromatic rings. The van der Waals surface area contributed by atoms with Gasteiger partial charge in [0, 0.05) is 22.8 Å². The minimum atomic E-state index is 0.446. The standard InChI is InChI=1S/C9H17NOS/c1-4-9-7(3)8(10-11)5-6(2)12-9/h6-7,9,11H,4-5H2,1-3H3/b10-8-/t6-,7-,9+/m1/s1. The molecule has 12 heavy (non-hydrogen) atoms. The molecule has 0 radical (unpaired) electrons. The second-order valence-electron chi connectivity index (χ2n) is 3.48. The molecule has 1 aliphatic heterocycles. The van der Waals surface area contributed by atoms with Crippen LogP contribution in [0.2, 0.25) is 0 Å². The van der Waals surface area contributed by atoms with Crippen LogP contribution in [0.25, 0.3) is 0 Å². The van der Waals surface area contributed by atoms with Crippen LogP contribution >= 0.6 is 11.8 Å². The van der Waals surface area contributed by atoms with Crippen molar-refractivity contribution >= 4 is 17.5 Å². The first kappa shape index (κ1) is 9.90. The van der Waals surface area contributed by atoms with Crippen molar-refractivity contribution in [2.24, 2.45) is 11.1 Å². The SMILES string of the molecule is CC[C@@H]1S[C@H](C)C/C(=N/O)[C@H]1C. The highest BCUT2D eigenvalue weighted by molar-refractivity contribution is 8.00. The number of hydrogen-bond acceptors (Lipinski definition) is 3. The van der Waals surface area contributed by atoms with Crippen molar-refractivity contribution in [1.29, 1.82) is 0 Å². The van der Waals surface area contributed by atoms with Crippen LogP contribution in [0.4, 0.5) is 0 Å². The fraction of sp³-hybridized carbons (Fsp3) is 0.889. The van der Waals surface area contributed by atoms with Gasteiger partial charge in [0.2, 0.25) is 0 Å². The van der Waals surface area contributed by atoms with Gasteiger partial charge in [-0.3, -0.25) is 0 Å². The summed E-state index contributed by atoms with van der Waals surface area (Å²) >= 11 is 2.02. The van der Waals surface area contributed by atoms with E-state index < -0.39 is 0 Å². The molecule has 1 saturated heterocycles. The molecular weight excluding hydrogens is 170 g/mol. The molecule has 2 nitrogen and oxygen atoms in total. The summed E-state index contributed by atoms with van der Waals surface area (Å²) in [6, 6.07) is 0. The van der Waals surface area contributed by atoms with Crippen LogP contribution in [-0.4, -0.2) is 21.4 Å². The van der Waals surface area contributed by atoms with Gasteiger partial charge >= 0.3 is 0 Å². The van der Waals surface area contributed by atoms with Crippen LogP contribution in [-0.2, 0) is 0 Å². The highest BCUT2D eigenvalue weighted by Crippen LogP contribution is 2.35.